The van der Waals surface area contributed by atoms with Gasteiger partial charge in [-0.1, -0.05) is 24.3 Å². The van der Waals surface area contributed by atoms with E-state index in [1.54, 1.807) is 20.3 Å². The van der Waals surface area contributed by atoms with Crippen molar-refractivity contribution in [2.75, 3.05) is 27.3 Å². The number of carbonyl (C=O) groups is 1. The summed E-state index contributed by atoms with van der Waals surface area (Å²) in [5, 5.41) is 0. The fraction of sp³-hybridized carbons (Fsp3) is 0.333. The number of carbonyl (C=O) groups excluding carboxylic acids is 1. The monoisotopic (exact) mass is 406 g/mol. The van der Waals surface area contributed by atoms with Gasteiger partial charge in [0.05, 0.1) is 14.2 Å². The van der Waals surface area contributed by atoms with Crippen molar-refractivity contribution in [2.24, 2.45) is 0 Å². The number of oxazole rings is 1. The van der Waals surface area contributed by atoms with Crippen LogP contribution in [0.1, 0.15) is 47.5 Å². The Hall–Kier alpha value is -3.28. The molecule has 0 spiro atoms. The van der Waals surface area contributed by atoms with Gasteiger partial charge in [0, 0.05) is 30.1 Å². The van der Waals surface area contributed by atoms with Crippen LogP contribution in [0.15, 0.2) is 46.9 Å². The summed E-state index contributed by atoms with van der Waals surface area (Å²) in [5.41, 5.74) is 3.12. The molecule has 1 aromatic heterocycles. The number of para-hydroxylation sites is 2. The summed E-state index contributed by atoms with van der Waals surface area (Å²) in [6.07, 6.45) is 5.48. The molecule has 6 heteroatoms. The molecule has 0 unspecified atom stereocenters. The smallest absolute Gasteiger partial charge is 0.254 e. The van der Waals surface area contributed by atoms with Crippen molar-refractivity contribution in [3.8, 4) is 11.5 Å². The molecule has 0 bridgehead atoms. The van der Waals surface area contributed by atoms with Gasteiger partial charge in [0.2, 0.25) is 0 Å². The van der Waals surface area contributed by atoms with Gasteiger partial charge < -0.3 is 18.8 Å². The number of hydrogen-bond donors (Lipinski definition) is 0. The minimum absolute atomic E-state index is 0.00211. The van der Waals surface area contributed by atoms with Crippen LogP contribution >= 0.6 is 0 Å². The minimum Gasteiger partial charge on any atom is -0.493 e. The SMILES string of the molecule is C/C=C/c1cc(C(=O)N2CCC(c3nc4ccccc4o3)CC2)cc(OC)c1OC. The normalized spacial score (nSPS) is 15.1. The van der Waals surface area contributed by atoms with E-state index in [1.807, 2.05) is 54.3 Å². The lowest BCUT2D eigenvalue weighted by Crippen LogP contribution is -2.38. The second-order valence-electron chi connectivity index (χ2n) is 7.39. The Morgan fingerprint density at radius 1 is 1.17 bits per heavy atom. The lowest BCUT2D eigenvalue weighted by Gasteiger charge is -2.31. The molecule has 0 radical (unpaired) electrons. The average Bonchev–Trinajstić information content (AvgIpc) is 3.22. The molecule has 30 heavy (non-hydrogen) atoms. The molecule has 1 fully saturated rings. The molecule has 156 valence electrons. The van der Waals surface area contributed by atoms with E-state index in [0.29, 0.717) is 30.2 Å². The highest BCUT2D eigenvalue weighted by Crippen LogP contribution is 2.35. The highest BCUT2D eigenvalue weighted by atomic mass is 16.5. The number of piperidine rings is 1. The largest absolute Gasteiger partial charge is 0.493 e. The molecular weight excluding hydrogens is 380 g/mol. The van der Waals surface area contributed by atoms with Crippen molar-refractivity contribution in [1.29, 1.82) is 0 Å². The summed E-state index contributed by atoms with van der Waals surface area (Å²) in [6.45, 7) is 3.25. The molecule has 1 saturated heterocycles. The number of aromatic nitrogens is 1. The van der Waals surface area contributed by atoms with E-state index in [2.05, 4.69) is 4.98 Å². The van der Waals surface area contributed by atoms with E-state index in [-0.39, 0.29) is 11.8 Å². The molecule has 0 N–H and O–H groups in total. The highest BCUT2D eigenvalue weighted by Gasteiger charge is 2.28. The summed E-state index contributed by atoms with van der Waals surface area (Å²) >= 11 is 0. The van der Waals surface area contributed by atoms with Crippen LogP contribution in [-0.4, -0.2) is 43.1 Å². The van der Waals surface area contributed by atoms with Gasteiger partial charge in [-0.05, 0) is 44.0 Å². The van der Waals surface area contributed by atoms with Crippen LogP contribution in [0.25, 0.3) is 17.2 Å². The number of ether oxygens (including phenoxy) is 2. The van der Waals surface area contributed by atoms with Crippen LogP contribution in [0.4, 0.5) is 0 Å². The molecular formula is C24H26N2O4. The van der Waals surface area contributed by atoms with E-state index >= 15 is 0 Å². The Morgan fingerprint density at radius 3 is 2.60 bits per heavy atom. The van der Waals surface area contributed by atoms with Crippen LogP contribution in [0.2, 0.25) is 0 Å². The molecule has 3 aromatic rings. The zero-order valence-corrected chi connectivity index (χ0v) is 17.6. The van der Waals surface area contributed by atoms with Gasteiger partial charge in [0.15, 0.2) is 23.0 Å². The first-order valence-electron chi connectivity index (χ1n) is 10.2. The Bertz CT molecular complexity index is 1040. The molecule has 2 aromatic carbocycles. The van der Waals surface area contributed by atoms with Crippen LogP contribution in [-0.2, 0) is 0 Å². The molecule has 6 nitrogen and oxygen atoms in total. The minimum atomic E-state index is -0.00211. The number of benzene rings is 2. The van der Waals surface area contributed by atoms with Gasteiger partial charge >= 0.3 is 0 Å². The third kappa shape index (κ3) is 3.77. The summed E-state index contributed by atoms with van der Waals surface area (Å²) in [6, 6.07) is 11.4. The van der Waals surface area contributed by atoms with Crippen molar-refractivity contribution in [2.45, 2.75) is 25.7 Å². The number of likely N-dealkylation sites (tertiary alicyclic amines) is 1. The van der Waals surface area contributed by atoms with Gasteiger partial charge in [0.1, 0.15) is 5.52 Å². The van der Waals surface area contributed by atoms with Crippen molar-refractivity contribution < 1.29 is 18.7 Å². The van der Waals surface area contributed by atoms with E-state index in [1.165, 1.54) is 0 Å². The van der Waals surface area contributed by atoms with Gasteiger partial charge in [-0.15, -0.1) is 0 Å². The summed E-state index contributed by atoms with van der Waals surface area (Å²) in [5.74, 6) is 2.17. The van der Waals surface area contributed by atoms with Crippen LogP contribution < -0.4 is 9.47 Å². The number of nitrogens with zero attached hydrogens (tertiary/aromatic N) is 2. The second-order valence-corrected chi connectivity index (χ2v) is 7.39. The van der Waals surface area contributed by atoms with Gasteiger partial charge in [-0.25, -0.2) is 4.98 Å². The molecule has 4 rings (SSSR count). The third-order valence-corrected chi connectivity index (χ3v) is 5.54. The Labute approximate surface area is 176 Å². The standard InChI is InChI=1S/C24H26N2O4/c1-4-7-17-14-18(15-21(28-2)22(17)29-3)24(27)26-12-10-16(11-13-26)23-25-19-8-5-6-9-20(19)30-23/h4-9,14-16H,10-13H2,1-3H3/b7-4+. The average molecular weight is 406 g/mol. The topological polar surface area (TPSA) is 64.8 Å². The van der Waals surface area contributed by atoms with Crippen LogP contribution in [0, 0.1) is 0 Å². The highest BCUT2D eigenvalue weighted by molar-refractivity contribution is 5.96. The molecule has 0 atom stereocenters. The Balaban J connectivity index is 1.50. The van der Waals surface area contributed by atoms with Gasteiger partial charge in [0.25, 0.3) is 5.91 Å². The van der Waals surface area contributed by atoms with Crippen molar-refractivity contribution >= 4 is 23.1 Å². The van der Waals surface area contributed by atoms with Gasteiger partial charge in [-0.2, -0.15) is 0 Å². The first-order chi connectivity index (χ1) is 14.6. The number of hydrogen-bond acceptors (Lipinski definition) is 5. The maximum Gasteiger partial charge on any atom is 0.254 e. The maximum absolute atomic E-state index is 13.2. The quantitative estimate of drug-likeness (QED) is 0.603. The van der Waals surface area contributed by atoms with E-state index < -0.39 is 0 Å². The van der Waals surface area contributed by atoms with Crippen molar-refractivity contribution in [3.63, 3.8) is 0 Å². The third-order valence-electron chi connectivity index (χ3n) is 5.54. The fourth-order valence-corrected chi connectivity index (χ4v) is 4.00. The molecule has 1 aliphatic heterocycles. The molecule has 2 heterocycles. The summed E-state index contributed by atoms with van der Waals surface area (Å²) < 4.78 is 16.9. The molecule has 1 amide bonds. The molecule has 0 aliphatic carbocycles. The lowest BCUT2D eigenvalue weighted by atomic mass is 9.96. The lowest BCUT2D eigenvalue weighted by molar-refractivity contribution is 0.0706. The number of rotatable bonds is 5. The van der Waals surface area contributed by atoms with Crippen LogP contribution in [0.3, 0.4) is 0 Å². The van der Waals surface area contributed by atoms with E-state index in [4.69, 9.17) is 13.9 Å². The number of fused-ring (bicyclic) bond motifs is 1. The summed E-state index contributed by atoms with van der Waals surface area (Å²) in [4.78, 5) is 19.7. The van der Waals surface area contributed by atoms with Crippen molar-refractivity contribution in [1.82, 2.24) is 9.88 Å². The summed E-state index contributed by atoms with van der Waals surface area (Å²) in [7, 11) is 3.18. The van der Waals surface area contributed by atoms with Gasteiger partial charge in [-0.3, -0.25) is 4.79 Å². The number of allylic oxidation sites excluding steroid dienone is 1. The number of methoxy groups -OCH3 is 2. The van der Waals surface area contributed by atoms with E-state index in [9.17, 15) is 4.79 Å². The molecule has 1 aliphatic rings. The predicted octanol–water partition coefficient (Wildman–Crippen LogP) is 4.90. The zero-order chi connectivity index (χ0) is 21.1. The first kappa shape index (κ1) is 20.0. The Kier molecular flexibility index (Phi) is 5.74. The second kappa shape index (κ2) is 8.61. The van der Waals surface area contributed by atoms with E-state index in [0.717, 1.165) is 35.4 Å². The van der Waals surface area contributed by atoms with Crippen LogP contribution in [0.5, 0.6) is 11.5 Å². The fourth-order valence-electron chi connectivity index (χ4n) is 4.00. The molecule has 0 saturated carbocycles. The predicted molar refractivity (Wildman–Crippen MR) is 116 cm³/mol. The maximum atomic E-state index is 13.2. The number of amides is 1. The van der Waals surface area contributed by atoms with Crippen molar-refractivity contribution in [3.05, 3.63) is 59.5 Å². The first-order valence-corrected chi connectivity index (χ1v) is 10.2. The Morgan fingerprint density at radius 2 is 1.93 bits per heavy atom. The zero-order valence-electron chi connectivity index (χ0n) is 17.6.